The first-order valence-corrected chi connectivity index (χ1v) is 5.57. The molecule has 88 valence electrons. The van der Waals surface area contributed by atoms with E-state index in [4.69, 9.17) is 0 Å². The highest BCUT2D eigenvalue weighted by Gasteiger charge is 2.12. The van der Waals surface area contributed by atoms with Crippen molar-refractivity contribution >= 4 is 5.78 Å². The van der Waals surface area contributed by atoms with Crippen molar-refractivity contribution in [2.45, 2.75) is 33.2 Å². The number of hydrogen-bond donors (Lipinski definition) is 1. The molecular weight excluding hydrogens is 205 g/mol. The molecule has 0 bridgehead atoms. The molecule has 0 spiro atoms. The number of carbonyl (C=O) groups excluding carboxylic acids is 1. The second-order valence-electron chi connectivity index (χ2n) is 4.10. The Balaban J connectivity index is 2.69. The summed E-state index contributed by atoms with van der Waals surface area (Å²) < 4.78 is 13.4. The summed E-state index contributed by atoms with van der Waals surface area (Å²) in [7, 11) is 0. The Hall–Kier alpha value is -1.22. The number of Topliss-reactive ketones (excluding diaryl/α,β-unsaturated/α-hetero) is 1. The molecule has 0 aliphatic heterocycles. The maximum atomic E-state index is 13.4. The van der Waals surface area contributed by atoms with Crippen LogP contribution in [0.5, 0.6) is 0 Å². The van der Waals surface area contributed by atoms with Crippen molar-refractivity contribution in [3.05, 3.63) is 35.1 Å². The Morgan fingerprint density at radius 3 is 2.81 bits per heavy atom. The van der Waals surface area contributed by atoms with Crippen molar-refractivity contribution in [2.24, 2.45) is 0 Å². The van der Waals surface area contributed by atoms with Crippen LogP contribution in [0.3, 0.4) is 0 Å². The van der Waals surface area contributed by atoms with E-state index in [1.807, 2.05) is 20.8 Å². The smallest absolute Gasteiger partial charge is 0.179 e. The van der Waals surface area contributed by atoms with Gasteiger partial charge in [-0.25, -0.2) is 4.39 Å². The third-order valence-electron chi connectivity index (χ3n) is 2.65. The summed E-state index contributed by atoms with van der Waals surface area (Å²) in [5, 5.41) is 3.06. The fourth-order valence-corrected chi connectivity index (χ4v) is 1.36. The van der Waals surface area contributed by atoms with E-state index in [1.165, 1.54) is 6.07 Å². The first-order chi connectivity index (χ1) is 7.54. The first kappa shape index (κ1) is 12.8. The second-order valence-corrected chi connectivity index (χ2v) is 4.10. The first-order valence-electron chi connectivity index (χ1n) is 5.57. The molecule has 3 heteroatoms. The zero-order valence-electron chi connectivity index (χ0n) is 10.0. The predicted molar refractivity (Wildman–Crippen MR) is 63.2 cm³/mol. The summed E-state index contributed by atoms with van der Waals surface area (Å²) in [5.41, 5.74) is 1.07. The summed E-state index contributed by atoms with van der Waals surface area (Å²) in [6.07, 6.45) is 0.948. The van der Waals surface area contributed by atoms with Crippen LogP contribution in [0.15, 0.2) is 18.2 Å². The molecule has 0 fully saturated rings. The number of nitrogens with one attached hydrogen (secondary N) is 1. The molecule has 0 aliphatic carbocycles. The van der Waals surface area contributed by atoms with Crippen molar-refractivity contribution in [1.82, 2.24) is 5.32 Å². The van der Waals surface area contributed by atoms with Gasteiger partial charge in [-0.3, -0.25) is 4.79 Å². The van der Waals surface area contributed by atoms with Gasteiger partial charge in [0.2, 0.25) is 0 Å². The van der Waals surface area contributed by atoms with Crippen molar-refractivity contribution in [1.29, 1.82) is 0 Å². The Morgan fingerprint density at radius 1 is 1.50 bits per heavy atom. The molecule has 1 unspecified atom stereocenters. The molecular formula is C13H18FNO. The predicted octanol–water partition coefficient (Wildman–Crippen LogP) is 2.70. The lowest BCUT2D eigenvalue weighted by Gasteiger charge is -2.10. The molecule has 1 aromatic rings. The molecule has 0 saturated heterocycles. The van der Waals surface area contributed by atoms with E-state index in [1.54, 1.807) is 12.1 Å². The number of aryl methyl sites for hydroxylation is 1. The maximum Gasteiger partial charge on any atom is 0.179 e. The van der Waals surface area contributed by atoms with Gasteiger partial charge in [0.05, 0.1) is 12.1 Å². The van der Waals surface area contributed by atoms with Gasteiger partial charge in [0.15, 0.2) is 5.78 Å². The van der Waals surface area contributed by atoms with Crippen LogP contribution in [0.1, 0.15) is 36.2 Å². The lowest BCUT2D eigenvalue weighted by atomic mass is 10.1. The molecule has 0 radical (unpaired) electrons. The van der Waals surface area contributed by atoms with Crippen LogP contribution in [0.25, 0.3) is 0 Å². The number of hydrogen-bond acceptors (Lipinski definition) is 2. The quantitative estimate of drug-likeness (QED) is 0.778. The molecule has 1 N–H and O–H groups in total. The molecule has 0 heterocycles. The molecule has 2 nitrogen and oxygen atoms in total. The van der Waals surface area contributed by atoms with E-state index in [9.17, 15) is 9.18 Å². The molecule has 0 saturated carbocycles. The molecule has 1 aromatic carbocycles. The lowest BCUT2D eigenvalue weighted by molar-refractivity contribution is 0.0983. The minimum absolute atomic E-state index is 0.177. The third-order valence-corrected chi connectivity index (χ3v) is 2.65. The maximum absolute atomic E-state index is 13.4. The highest BCUT2D eigenvalue weighted by Crippen LogP contribution is 2.10. The molecule has 1 atom stereocenters. The van der Waals surface area contributed by atoms with Crippen LogP contribution < -0.4 is 5.32 Å². The SMILES string of the molecule is CCC(C)NCC(=O)c1cc(C)ccc1F. The fraction of sp³-hybridized carbons (Fsp3) is 0.462. The summed E-state index contributed by atoms with van der Waals surface area (Å²) >= 11 is 0. The van der Waals surface area contributed by atoms with E-state index < -0.39 is 5.82 Å². The van der Waals surface area contributed by atoms with Gasteiger partial charge in [-0.05, 0) is 32.4 Å². The van der Waals surface area contributed by atoms with Crippen molar-refractivity contribution in [2.75, 3.05) is 6.54 Å². The number of rotatable bonds is 5. The molecule has 1 rings (SSSR count). The topological polar surface area (TPSA) is 29.1 Å². The Labute approximate surface area is 95.9 Å². The standard InChI is InChI=1S/C13H18FNO/c1-4-10(3)15-8-13(16)11-7-9(2)5-6-12(11)14/h5-7,10,15H,4,8H2,1-3H3. The van der Waals surface area contributed by atoms with Crippen LogP contribution in [0.2, 0.25) is 0 Å². The zero-order chi connectivity index (χ0) is 12.1. The van der Waals surface area contributed by atoms with Crippen LogP contribution in [-0.2, 0) is 0 Å². The highest BCUT2D eigenvalue weighted by molar-refractivity contribution is 5.98. The minimum Gasteiger partial charge on any atom is -0.307 e. The van der Waals surface area contributed by atoms with Crippen LogP contribution in [-0.4, -0.2) is 18.4 Å². The van der Waals surface area contributed by atoms with Crippen LogP contribution >= 0.6 is 0 Å². The van der Waals surface area contributed by atoms with E-state index in [0.29, 0.717) is 0 Å². The number of benzene rings is 1. The number of ketones is 1. The highest BCUT2D eigenvalue weighted by atomic mass is 19.1. The Bertz CT molecular complexity index is 376. The van der Waals surface area contributed by atoms with Crippen LogP contribution in [0.4, 0.5) is 4.39 Å². The van der Waals surface area contributed by atoms with E-state index >= 15 is 0 Å². The van der Waals surface area contributed by atoms with Crippen LogP contribution in [0, 0.1) is 12.7 Å². The van der Waals surface area contributed by atoms with Gasteiger partial charge in [0.1, 0.15) is 5.82 Å². The van der Waals surface area contributed by atoms with Gasteiger partial charge in [-0.2, -0.15) is 0 Å². The van der Waals surface area contributed by atoms with Gasteiger partial charge in [0.25, 0.3) is 0 Å². The van der Waals surface area contributed by atoms with Gasteiger partial charge < -0.3 is 5.32 Å². The fourth-order valence-electron chi connectivity index (χ4n) is 1.36. The molecule has 0 aliphatic rings. The van der Waals surface area contributed by atoms with Gasteiger partial charge >= 0.3 is 0 Å². The van der Waals surface area contributed by atoms with Gasteiger partial charge in [-0.1, -0.05) is 18.6 Å². The van der Waals surface area contributed by atoms with Crippen molar-refractivity contribution in [3.8, 4) is 0 Å². The lowest BCUT2D eigenvalue weighted by Crippen LogP contribution is -2.31. The number of halogens is 1. The monoisotopic (exact) mass is 223 g/mol. The largest absolute Gasteiger partial charge is 0.307 e. The van der Waals surface area contributed by atoms with E-state index in [2.05, 4.69) is 5.32 Å². The molecule has 0 aromatic heterocycles. The zero-order valence-corrected chi connectivity index (χ0v) is 10.0. The number of carbonyl (C=O) groups is 1. The summed E-state index contributed by atoms with van der Waals surface area (Å²) in [4.78, 5) is 11.7. The Kier molecular flexibility index (Phi) is 4.62. The summed E-state index contributed by atoms with van der Waals surface area (Å²) in [5.74, 6) is -0.636. The third kappa shape index (κ3) is 3.42. The van der Waals surface area contributed by atoms with Gasteiger partial charge in [0, 0.05) is 6.04 Å². The van der Waals surface area contributed by atoms with E-state index in [0.717, 1.165) is 12.0 Å². The van der Waals surface area contributed by atoms with Crippen molar-refractivity contribution in [3.63, 3.8) is 0 Å². The van der Waals surface area contributed by atoms with Gasteiger partial charge in [-0.15, -0.1) is 0 Å². The average Bonchev–Trinajstić information content (AvgIpc) is 2.28. The summed E-state index contributed by atoms with van der Waals surface area (Å²) in [6.45, 7) is 6.07. The average molecular weight is 223 g/mol. The normalized spacial score (nSPS) is 12.5. The Morgan fingerprint density at radius 2 is 2.19 bits per heavy atom. The van der Waals surface area contributed by atoms with Crippen molar-refractivity contribution < 1.29 is 9.18 Å². The molecule has 0 amide bonds. The summed E-state index contributed by atoms with van der Waals surface area (Å²) in [6, 6.07) is 4.87. The molecule has 16 heavy (non-hydrogen) atoms. The second kappa shape index (κ2) is 5.75. The minimum atomic E-state index is -0.443. The van der Waals surface area contributed by atoms with E-state index in [-0.39, 0.29) is 23.9 Å².